The van der Waals surface area contributed by atoms with Gasteiger partial charge in [0.05, 0.1) is 13.0 Å². The number of aliphatic carboxylic acids is 1. The molecule has 0 saturated heterocycles. The van der Waals surface area contributed by atoms with Gasteiger partial charge < -0.3 is 9.84 Å². The zero-order valence-corrected chi connectivity index (χ0v) is 8.64. The molecule has 1 aromatic rings. The molecule has 0 aliphatic rings. The summed E-state index contributed by atoms with van der Waals surface area (Å²) in [6, 6.07) is 7.09. The molecule has 1 unspecified atom stereocenters. The first-order valence-electron chi connectivity index (χ1n) is 4.66. The minimum atomic E-state index is -0.844. The summed E-state index contributed by atoms with van der Waals surface area (Å²) in [5.74, 6) is -0.719. The molecule has 0 aliphatic heterocycles. The summed E-state index contributed by atoms with van der Waals surface area (Å²) >= 11 is 0. The van der Waals surface area contributed by atoms with Crippen molar-refractivity contribution >= 4 is 5.97 Å². The van der Waals surface area contributed by atoms with Gasteiger partial charge >= 0.3 is 5.97 Å². The van der Waals surface area contributed by atoms with Crippen LogP contribution in [0.25, 0.3) is 0 Å². The van der Waals surface area contributed by atoms with Gasteiger partial charge in [-0.05, 0) is 24.1 Å². The number of rotatable bonds is 5. The van der Waals surface area contributed by atoms with Gasteiger partial charge in [-0.3, -0.25) is 4.79 Å². The molecule has 1 N–H and O–H groups in total. The van der Waals surface area contributed by atoms with Crippen LogP contribution in [-0.4, -0.2) is 18.2 Å². The zero-order chi connectivity index (χ0) is 11.3. The largest absolute Gasteiger partial charge is 0.497 e. The van der Waals surface area contributed by atoms with Gasteiger partial charge in [0.15, 0.2) is 0 Å². The van der Waals surface area contributed by atoms with Crippen molar-refractivity contribution in [2.45, 2.75) is 12.3 Å². The van der Waals surface area contributed by atoms with Crippen LogP contribution in [0.3, 0.4) is 0 Å². The first-order chi connectivity index (χ1) is 7.19. The van der Waals surface area contributed by atoms with E-state index >= 15 is 0 Å². The van der Waals surface area contributed by atoms with Crippen molar-refractivity contribution in [1.82, 2.24) is 0 Å². The molecule has 1 rings (SSSR count). The molecule has 0 aromatic heterocycles. The van der Waals surface area contributed by atoms with E-state index in [4.69, 9.17) is 9.84 Å². The van der Waals surface area contributed by atoms with Crippen LogP contribution in [0.15, 0.2) is 36.9 Å². The molecule has 1 aromatic carbocycles. The number of methoxy groups -OCH3 is 1. The van der Waals surface area contributed by atoms with Crippen LogP contribution in [0.5, 0.6) is 5.75 Å². The van der Waals surface area contributed by atoms with Gasteiger partial charge in [0, 0.05) is 0 Å². The fraction of sp³-hybridized carbons (Fsp3) is 0.250. The van der Waals surface area contributed by atoms with E-state index in [2.05, 4.69) is 6.58 Å². The van der Waals surface area contributed by atoms with E-state index in [0.29, 0.717) is 12.2 Å². The molecular weight excluding hydrogens is 192 g/mol. The maximum absolute atomic E-state index is 11.0. The second kappa shape index (κ2) is 5.20. The van der Waals surface area contributed by atoms with Crippen LogP contribution in [-0.2, 0) is 4.79 Å². The normalized spacial score (nSPS) is 11.8. The summed E-state index contributed by atoms with van der Waals surface area (Å²) in [7, 11) is 1.56. The van der Waals surface area contributed by atoms with E-state index in [1.807, 2.05) is 0 Å². The van der Waals surface area contributed by atoms with Gasteiger partial charge in [-0.15, -0.1) is 6.58 Å². The highest BCUT2D eigenvalue weighted by Gasteiger charge is 2.18. The summed E-state index contributed by atoms with van der Waals surface area (Å²) in [5.41, 5.74) is 0.738. The molecular formula is C12H14O3. The number of allylic oxidation sites excluding steroid dienone is 1. The van der Waals surface area contributed by atoms with Crippen molar-refractivity contribution in [1.29, 1.82) is 0 Å². The van der Waals surface area contributed by atoms with Crippen molar-refractivity contribution < 1.29 is 14.6 Å². The Morgan fingerprint density at radius 2 is 2.40 bits per heavy atom. The van der Waals surface area contributed by atoms with E-state index in [-0.39, 0.29) is 0 Å². The monoisotopic (exact) mass is 206 g/mol. The molecule has 0 aliphatic carbocycles. The Balaban J connectivity index is 2.99. The molecule has 0 spiro atoms. The maximum atomic E-state index is 11.0. The van der Waals surface area contributed by atoms with Crippen molar-refractivity contribution in [3.05, 3.63) is 42.5 Å². The lowest BCUT2D eigenvalue weighted by Gasteiger charge is -2.11. The molecule has 0 amide bonds. The van der Waals surface area contributed by atoms with Gasteiger partial charge in [0.25, 0.3) is 0 Å². The summed E-state index contributed by atoms with van der Waals surface area (Å²) in [4.78, 5) is 11.0. The third-order valence-electron chi connectivity index (χ3n) is 2.20. The third-order valence-corrected chi connectivity index (χ3v) is 2.20. The quantitative estimate of drug-likeness (QED) is 0.752. The van der Waals surface area contributed by atoms with Crippen LogP contribution in [0.2, 0.25) is 0 Å². The highest BCUT2D eigenvalue weighted by molar-refractivity contribution is 5.76. The maximum Gasteiger partial charge on any atom is 0.311 e. The van der Waals surface area contributed by atoms with Crippen LogP contribution in [0, 0.1) is 0 Å². The Morgan fingerprint density at radius 3 is 2.93 bits per heavy atom. The second-order valence-corrected chi connectivity index (χ2v) is 3.19. The van der Waals surface area contributed by atoms with Crippen LogP contribution in [0.4, 0.5) is 0 Å². The molecule has 1 atom stereocenters. The summed E-state index contributed by atoms with van der Waals surface area (Å²) in [5, 5.41) is 9.03. The van der Waals surface area contributed by atoms with Crippen molar-refractivity contribution in [2.75, 3.05) is 7.11 Å². The Labute approximate surface area is 89.0 Å². The van der Waals surface area contributed by atoms with Crippen LogP contribution >= 0.6 is 0 Å². The lowest BCUT2D eigenvalue weighted by molar-refractivity contribution is -0.138. The predicted molar refractivity (Wildman–Crippen MR) is 58.2 cm³/mol. The number of carboxylic acid groups (broad SMARTS) is 1. The fourth-order valence-corrected chi connectivity index (χ4v) is 1.40. The smallest absolute Gasteiger partial charge is 0.311 e. The number of ether oxygens (including phenoxy) is 1. The highest BCUT2D eigenvalue weighted by Crippen LogP contribution is 2.24. The number of hydrogen-bond donors (Lipinski definition) is 1. The van der Waals surface area contributed by atoms with E-state index in [1.165, 1.54) is 0 Å². The topological polar surface area (TPSA) is 46.5 Å². The fourth-order valence-electron chi connectivity index (χ4n) is 1.40. The average molecular weight is 206 g/mol. The molecule has 0 heterocycles. The minimum Gasteiger partial charge on any atom is -0.497 e. The Hall–Kier alpha value is -1.77. The minimum absolute atomic E-state index is 0.419. The number of carbonyl (C=O) groups is 1. The number of hydrogen-bond acceptors (Lipinski definition) is 2. The summed E-state index contributed by atoms with van der Waals surface area (Å²) in [6.07, 6.45) is 2.03. The van der Waals surface area contributed by atoms with Crippen molar-refractivity contribution in [3.63, 3.8) is 0 Å². The van der Waals surface area contributed by atoms with Crippen LogP contribution in [0.1, 0.15) is 17.9 Å². The lowest BCUT2D eigenvalue weighted by Crippen LogP contribution is -2.10. The molecule has 80 valence electrons. The third kappa shape index (κ3) is 2.84. The Bertz CT molecular complexity index is 358. The second-order valence-electron chi connectivity index (χ2n) is 3.19. The van der Waals surface area contributed by atoms with E-state index in [1.54, 1.807) is 37.5 Å². The molecule has 0 bridgehead atoms. The SMILES string of the molecule is C=CCC(C(=O)O)c1cccc(OC)c1. The Kier molecular flexibility index (Phi) is 3.92. The van der Waals surface area contributed by atoms with E-state index in [0.717, 1.165) is 5.56 Å². The van der Waals surface area contributed by atoms with Gasteiger partial charge in [-0.25, -0.2) is 0 Å². The molecule has 3 nitrogen and oxygen atoms in total. The predicted octanol–water partition coefficient (Wildman–Crippen LogP) is 2.44. The molecule has 3 heteroatoms. The van der Waals surface area contributed by atoms with Gasteiger partial charge in [-0.1, -0.05) is 18.2 Å². The standard InChI is InChI=1S/C12H14O3/c1-3-5-11(12(13)14)9-6-4-7-10(8-9)15-2/h3-4,6-8,11H,1,5H2,2H3,(H,13,14). The number of carboxylic acids is 1. The molecule has 0 fully saturated rings. The zero-order valence-electron chi connectivity index (χ0n) is 8.64. The number of benzene rings is 1. The Morgan fingerprint density at radius 1 is 1.67 bits per heavy atom. The summed E-state index contributed by atoms with van der Waals surface area (Å²) < 4.78 is 5.04. The molecule has 0 radical (unpaired) electrons. The first kappa shape index (κ1) is 11.3. The molecule has 0 saturated carbocycles. The van der Waals surface area contributed by atoms with E-state index < -0.39 is 11.9 Å². The van der Waals surface area contributed by atoms with Gasteiger partial charge in [-0.2, -0.15) is 0 Å². The highest BCUT2D eigenvalue weighted by atomic mass is 16.5. The van der Waals surface area contributed by atoms with Crippen LogP contribution < -0.4 is 4.74 Å². The van der Waals surface area contributed by atoms with E-state index in [9.17, 15) is 4.79 Å². The van der Waals surface area contributed by atoms with Gasteiger partial charge in [0.1, 0.15) is 5.75 Å². The lowest BCUT2D eigenvalue weighted by atomic mass is 9.96. The van der Waals surface area contributed by atoms with Crippen molar-refractivity contribution in [2.24, 2.45) is 0 Å². The summed E-state index contributed by atoms with van der Waals surface area (Å²) in [6.45, 7) is 3.56. The first-order valence-corrected chi connectivity index (χ1v) is 4.66. The molecule has 15 heavy (non-hydrogen) atoms. The average Bonchev–Trinajstić information content (AvgIpc) is 2.25. The van der Waals surface area contributed by atoms with Crippen molar-refractivity contribution in [3.8, 4) is 5.75 Å². The van der Waals surface area contributed by atoms with Gasteiger partial charge in [0.2, 0.25) is 0 Å².